The van der Waals surface area contributed by atoms with Crippen molar-refractivity contribution in [1.29, 1.82) is 0 Å². The van der Waals surface area contributed by atoms with Crippen molar-refractivity contribution in [3.05, 3.63) is 47.2 Å². The van der Waals surface area contributed by atoms with E-state index in [2.05, 4.69) is 0 Å². The first-order valence-electron chi connectivity index (χ1n) is 6.65. The number of hydrogen-bond donors (Lipinski definition) is 0. The molecular formula is C15H20FO3P. The molecule has 0 bridgehead atoms. The van der Waals surface area contributed by atoms with E-state index in [0.717, 1.165) is 0 Å². The third-order valence-corrected chi connectivity index (χ3v) is 5.40. The van der Waals surface area contributed by atoms with Crippen LogP contribution in [0.25, 0.3) is 0 Å². The van der Waals surface area contributed by atoms with Gasteiger partial charge in [0.2, 0.25) is 5.85 Å². The molecule has 0 saturated heterocycles. The molecule has 20 heavy (non-hydrogen) atoms. The molecule has 0 amide bonds. The van der Waals surface area contributed by atoms with Crippen LogP contribution in [0.2, 0.25) is 0 Å². The van der Waals surface area contributed by atoms with Gasteiger partial charge in [-0.2, -0.15) is 0 Å². The molecule has 1 heterocycles. The van der Waals surface area contributed by atoms with Gasteiger partial charge >= 0.3 is 0 Å². The number of halogens is 1. The molecule has 1 aliphatic heterocycles. The van der Waals surface area contributed by atoms with E-state index in [1.165, 1.54) is 12.1 Å². The van der Waals surface area contributed by atoms with Crippen molar-refractivity contribution in [1.82, 2.24) is 0 Å². The Labute approximate surface area is 119 Å². The Morgan fingerprint density at radius 3 is 2.40 bits per heavy atom. The molecule has 1 aromatic carbocycles. The molecule has 0 radical (unpaired) electrons. The summed E-state index contributed by atoms with van der Waals surface area (Å²) in [6, 6.07) is 5.85. The monoisotopic (exact) mass is 298 g/mol. The first-order chi connectivity index (χ1) is 9.26. The SMILES string of the molecule is CCO[P@@]1(=O)C=C(C(C)(C)C)O[C@H]1c1ccc(F)cc1. The van der Waals surface area contributed by atoms with Crippen LogP contribution < -0.4 is 0 Å². The first-order valence-corrected chi connectivity index (χ1v) is 8.42. The maximum Gasteiger partial charge on any atom is 0.272 e. The fourth-order valence-electron chi connectivity index (χ4n) is 2.04. The van der Waals surface area contributed by atoms with Crippen molar-refractivity contribution in [2.24, 2.45) is 5.41 Å². The molecule has 0 fully saturated rings. The molecule has 0 aromatic heterocycles. The van der Waals surface area contributed by atoms with Crippen LogP contribution in [0.5, 0.6) is 0 Å². The molecule has 5 heteroatoms. The average Bonchev–Trinajstić information content (AvgIpc) is 2.68. The highest BCUT2D eigenvalue weighted by Gasteiger charge is 2.44. The molecule has 1 aliphatic rings. The van der Waals surface area contributed by atoms with E-state index in [-0.39, 0.29) is 11.2 Å². The van der Waals surface area contributed by atoms with Crippen molar-refractivity contribution in [3.8, 4) is 0 Å². The smallest absolute Gasteiger partial charge is 0.272 e. The minimum atomic E-state index is -3.08. The van der Waals surface area contributed by atoms with Gasteiger partial charge in [0.1, 0.15) is 11.6 Å². The van der Waals surface area contributed by atoms with Crippen LogP contribution in [0.4, 0.5) is 4.39 Å². The zero-order chi connectivity index (χ0) is 15.0. The Hall–Kier alpha value is -1.12. The van der Waals surface area contributed by atoms with E-state index >= 15 is 0 Å². The Balaban J connectivity index is 2.39. The largest absolute Gasteiger partial charge is 0.479 e. The van der Waals surface area contributed by atoms with E-state index < -0.39 is 13.2 Å². The summed E-state index contributed by atoms with van der Waals surface area (Å²) in [4.78, 5) is 0. The molecular weight excluding hydrogens is 278 g/mol. The lowest BCUT2D eigenvalue weighted by Gasteiger charge is -2.23. The fourth-order valence-corrected chi connectivity index (χ4v) is 4.41. The van der Waals surface area contributed by atoms with Crippen LogP contribution in [-0.2, 0) is 13.8 Å². The normalized spacial score (nSPS) is 26.2. The van der Waals surface area contributed by atoms with Gasteiger partial charge in [0.25, 0.3) is 7.37 Å². The van der Waals surface area contributed by atoms with Crippen LogP contribution in [0, 0.1) is 11.2 Å². The average molecular weight is 298 g/mol. The van der Waals surface area contributed by atoms with Crippen molar-refractivity contribution >= 4 is 7.37 Å². The van der Waals surface area contributed by atoms with Gasteiger partial charge in [0, 0.05) is 16.8 Å². The van der Waals surface area contributed by atoms with Crippen molar-refractivity contribution in [3.63, 3.8) is 0 Å². The standard InChI is InChI=1S/C15H20FO3P/c1-5-18-20(17)10-13(15(2,3)4)19-14(20)11-6-8-12(16)9-7-11/h6-10,14H,5H2,1-4H3/t14-,20+/m1/s1. The van der Waals surface area contributed by atoms with Crippen LogP contribution in [-0.4, -0.2) is 6.61 Å². The predicted molar refractivity (Wildman–Crippen MR) is 77.0 cm³/mol. The van der Waals surface area contributed by atoms with Gasteiger partial charge in [-0.25, -0.2) is 4.39 Å². The van der Waals surface area contributed by atoms with E-state index in [1.54, 1.807) is 24.9 Å². The summed E-state index contributed by atoms with van der Waals surface area (Å²) in [7, 11) is -3.08. The Morgan fingerprint density at radius 2 is 1.90 bits per heavy atom. The minimum Gasteiger partial charge on any atom is -0.479 e. The highest BCUT2D eigenvalue weighted by atomic mass is 31.2. The van der Waals surface area contributed by atoms with Crippen LogP contribution in [0.15, 0.2) is 35.8 Å². The second-order valence-corrected chi connectivity index (χ2v) is 8.10. The predicted octanol–water partition coefficient (Wildman–Crippen LogP) is 5.06. The zero-order valence-electron chi connectivity index (χ0n) is 12.2. The molecule has 0 N–H and O–H groups in total. The number of allylic oxidation sites excluding steroid dienone is 1. The lowest BCUT2D eigenvalue weighted by Crippen LogP contribution is -2.11. The van der Waals surface area contributed by atoms with Gasteiger partial charge in [0.05, 0.1) is 6.61 Å². The summed E-state index contributed by atoms with van der Waals surface area (Å²) in [5.41, 5.74) is 0.417. The summed E-state index contributed by atoms with van der Waals surface area (Å²) in [6.45, 7) is 8.10. The second-order valence-electron chi connectivity index (χ2n) is 5.83. The summed E-state index contributed by atoms with van der Waals surface area (Å²) >= 11 is 0. The van der Waals surface area contributed by atoms with Gasteiger partial charge in [-0.1, -0.05) is 32.9 Å². The summed E-state index contributed by atoms with van der Waals surface area (Å²) in [5, 5.41) is 0. The van der Waals surface area contributed by atoms with Gasteiger partial charge in [-0.05, 0) is 19.1 Å². The zero-order valence-corrected chi connectivity index (χ0v) is 13.1. The lowest BCUT2D eigenvalue weighted by molar-refractivity contribution is 0.128. The van der Waals surface area contributed by atoms with E-state index in [1.807, 2.05) is 20.8 Å². The van der Waals surface area contributed by atoms with E-state index in [9.17, 15) is 8.96 Å². The third kappa shape index (κ3) is 2.97. The molecule has 1 aromatic rings. The number of rotatable bonds is 3. The molecule has 110 valence electrons. The van der Waals surface area contributed by atoms with Crippen LogP contribution in [0.3, 0.4) is 0 Å². The topological polar surface area (TPSA) is 35.5 Å². The van der Waals surface area contributed by atoms with E-state index in [0.29, 0.717) is 17.9 Å². The van der Waals surface area contributed by atoms with Gasteiger partial charge < -0.3 is 9.26 Å². The molecule has 0 spiro atoms. The Morgan fingerprint density at radius 1 is 1.30 bits per heavy atom. The number of benzene rings is 1. The third-order valence-electron chi connectivity index (χ3n) is 3.09. The van der Waals surface area contributed by atoms with Gasteiger partial charge in [-0.15, -0.1) is 0 Å². The van der Waals surface area contributed by atoms with Crippen LogP contribution >= 0.6 is 7.37 Å². The molecule has 2 rings (SSSR count). The molecule has 0 aliphatic carbocycles. The second kappa shape index (κ2) is 5.34. The molecule has 2 atom stereocenters. The van der Waals surface area contributed by atoms with Gasteiger partial charge in [0.15, 0.2) is 0 Å². The van der Waals surface area contributed by atoms with E-state index in [4.69, 9.17) is 9.26 Å². The molecule has 0 unspecified atom stereocenters. The Kier molecular flexibility index (Phi) is 4.08. The van der Waals surface area contributed by atoms with Crippen molar-refractivity contribution in [2.75, 3.05) is 6.61 Å². The highest BCUT2D eigenvalue weighted by Crippen LogP contribution is 2.68. The number of ether oxygens (including phenoxy) is 1. The lowest BCUT2D eigenvalue weighted by atomic mass is 9.95. The van der Waals surface area contributed by atoms with Crippen molar-refractivity contribution in [2.45, 2.75) is 33.5 Å². The quantitative estimate of drug-likeness (QED) is 0.732. The molecule has 3 nitrogen and oxygen atoms in total. The first kappa shape index (κ1) is 15.3. The molecule has 0 saturated carbocycles. The summed E-state index contributed by atoms with van der Waals surface area (Å²) in [6.07, 6.45) is 0. The minimum absolute atomic E-state index is 0.248. The highest BCUT2D eigenvalue weighted by molar-refractivity contribution is 7.62. The number of hydrogen-bond acceptors (Lipinski definition) is 3. The maximum absolute atomic E-state index is 13.0. The van der Waals surface area contributed by atoms with Crippen molar-refractivity contribution < 1.29 is 18.2 Å². The van der Waals surface area contributed by atoms with Crippen LogP contribution in [0.1, 0.15) is 39.1 Å². The summed E-state index contributed by atoms with van der Waals surface area (Å²) < 4.78 is 37.3. The Bertz CT molecular complexity index is 557. The van der Waals surface area contributed by atoms with Gasteiger partial charge in [-0.3, -0.25) is 4.57 Å². The summed E-state index contributed by atoms with van der Waals surface area (Å²) in [5.74, 6) is 1.26. The maximum atomic E-state index is 13.0. The fraction of sp³-hybridized carbons (Fsp3) is 0.467.